The number of aromatic nitrogens is 3. The largest absolute Gasteiger partial charge is 0.350 e. The highest BCUT2D eigenvalue weighted by Crippen LogP contribution is 2.24. The summed E-state index contributed by atoms with van der Waals surface area (Å²) in [4.78, 5) is 29.0. The molecule has 1 amide bonds. The number of hydrogen-bond acceptors (Lipinski definition) is 8. The van der Waals surface area contributed by atoms with E-state index in [1.807, 2.05) is 67.4 Å². The number of rotatable bonds is 8. The number of benzene rings is 2. The first-order chi connectivity index (χ1) is 17.2. The molecule has 2 aromatic carbocycles. The number of aryl methyl sites for hydroxylation is 1. The maximum atomic E-state index is 12.9. The number of para-hydroxylation sites is 1. The van der Waals surface area contributed by atoms with E-state index in [1.165, 1.54) is 0 Å². The molecule has 4 rings (SSSR count). The molecule has 1 aliphatic heterocycles. The van der Waals surface area contributed by atoms with Gasteiger partial charge in [-0.25, -0.2) is 0 Å². The molecule has 0 bridgehead atoms. The molecule has 1 aliphatic rings. The lowest BCUT2D eigenvalue weighted by molar-refractivity contribution is 0.102. The first-order valence-electron chi connectivity index (χ1n) is 12.3. The van der Waals surface area contributed by atoms with Gasteiger partial charge in [0, 0.05) is 43.1 Å². The smallest absolute Gasteiger partial charge is 0.255 e. The van der Waals surface area contributed by atoms with Crippen LogP contribution in [0.1, 0.15) is 43.1 Å². The third-order valence-corrected chi connectivity index (χ3v) is 5.85. The average Bonchev–Trinajstić information content (AvgIpc) is 3.33. The van der Waals surface area contributed by atoms with Gasteiger partial charge in [0.15, 0.2) is 0 Å². The SMILES string of the molecule is Cc1ccc(C(=O)Nc2ccccc2)cc1Nc1nc(N[C@H]2CCNC2)nc(N(C)CC(C)(C)C)n1. The molecule has 0 radical (unpaired) electrons. The second-order valence-electron chi connectivity index (χ2n) is 10.5. The van der Waals surface area contributed by atoms with Gasteiger partial charge in [-0.05, 0) is 55.1 Å². The molecule has 0 unspecified atom stereocenters. The Hall–Kier alpha value is -3.72. The van der Waals surface area contributed by atoms with Crippen LogP contribution in [-0.4, -0.2) is 53.6 Å². The van der Waals surface area contributed by atoms with Gasteiger partial charge >= 0.3 is 0 Å². The predicted octanol–water partition coefficient (Wildman–Crippen LogP) is 4.43. The van der Waals surface area contributed by atoms with Crippen LogP contribution in [0, 0.1) is 12.3 Å². The first-order valence-corrected chi connectivity index (χ1v) is 12.3. The second-order valence-corrected chi connectivity index (χ2v) is 10.5. The van der Waals surface area contributed by atoms with Gasteiger partial charge in [0.1, 0.15) is 0 Å². The molecule has 0 saturated carbocycles. The Bertz CT molecular complexity index is 1190. The van der Waals surface area contributed by atoms with Crippen LogP contribution in [0.4, 0.5) is 29.2 Å². The molecule has 36 heavy (non-hydrogen) atoms. The van der Waals surface area contributed by atoms with Crippen molar-refractivity contribution in [2.45, 2.75) is 40.2 Å². The number of carbonyl (C=O) groups excluding carboxylic acids is 1. The molecular formula is C27H36N8O. The summed E-state index contributed by atoms with van der Waals surface area (Å²) < 4.78 is 0. The van der Waals surface area contributed by atoms with Gasteiger partial charge in [-0.1, -0.05) is 45.0 Å². The summed E-state index contributed by atoms with van der Waals surface area (Å²) in [5.41, 5.74) is 3.11. The average molecular weight is 489 g/mol. The first kappa shape index (κ1) is 25.4. The number of anilines is 5. The summed E-state index contributed by atoms with van der Waals surface area (Å²) in [5.74, 6) is 1.37. The third kappa shape index (κ3) is 6.91. The van der Waals surface area contributed by atoms with E-state index in [-0.39, 0.29) is 17.4 Å². The lowest BCUT2D eigenvalue weighted by Gasteiger charge is -2.27. The lowest BCUT2D eigenvalue weighted by atomic mass is 9.96. The summed E-state index contributed by atoms with van der Waals surface area (Å²) in [6.07, 6.45) is 1.01. The zero-order chi connectivity index (χ0) is 25.7. The highest BCUT2D eigenvalue weighted by molar-refractivity contribution is 6.05. The van der Waals surface area contributed by atoms with E-state index in [2.05, 4.69) is 47.0 Å². The van der Waals surface area contributed by atoms with E-state index < -0.39 is 0 Å². The second kappa shape index (κ2) is 10.9. The number of nitrogens with zero attached hydrogens (tertiary/aromatic N) is 4. The summed E-state index contributed by atoms with van der Waals surface area (Å²) in [6, 6.07) is 15.2. The minimum Gasteiger partial charge on any atom is -0.350 e. The van der Waals surface area contributed by atoms with Crippen molar-refractivity contribution in [1.29, 1.82) is 0 Å². The van der Waals surface area contributed by atoms with Gasteiger partial charge in [-0.15, -0.1) is 0 Å². The molecule has 9 nitrogen and oxygen atoms in total. The Morgan fingerprint density at radius 3 is 2.53 bits per heavy atom. The quantitative estimate of drug-likeness (QED) is 0.369. The van der Waals surface area contributed by atoms with Gasteiger partial charge in [0.2, 0.25) is 17.8 Å². The van der Waals surface area contributed by atoms with Crippen molar-refractivity contribution in [3.05, 3.63) is 59.7 Å². The Morgan fingerprint density at radius 1 is 1.08 bits per heavy atom. The van der Waals surface area contributed by atoms with Crippen LogP contribution in [-0.2, 0) is 0 Å². The van der Waals surface area contributed by atoms with Gasteiger partial charge in [-0.2, -0.15) is 15.0 Å². The third-order valence-electron chi connectivity index (χ3n) is 5.85. The van der Waals surface area contributed by atoms with Gasteiger partial charge in [0.25, 0.3) is 5.91 Å². The molecule has 1 atom stereocenters. The van der Waals surface area contributed by atoms with Crippen LogP contribution < -0.4 is 26.2 Å². The molecule has 0 aliphatic carbocycles. The molecule has 2 heterocycles. The summed E-state index contributed by atoms with van der Waals surface area (Å²) in [7, 11) is 1.99. The summed E-state index contributed by atoms with van der Waals surface area (Å²) in [5, 5.41) is 13.1. The maximum Gasteiger partial charge on any atom is 0.255 e. The van der Waals surface area contributed by atoms with Crippen molar-refractivity contribution in [3.63, 3.8) is 0 Å². The van der Waals surface area contributed by atoms with Gasteiger partial charge in [0.05, 0.1) is 0 Å². The van der Waals surface area contributed by atoms with Crippen molar-refractivity contribution < 1.29 is 4.79 Å². The standard InChI is InChI=1S/C27H36N8O/c1-18-11-12-19(23(36)29-20-9-7-6-8-10-20)15-22(18)31-25-32-24(30-21-13-14-28-16-21)33-26(34-25)35(5)17-27(2,3)4/h6-12,15,21,28H,13-14,16-17H2,1-5H3,(H,29,36)(H2,30,31,32,33,34)/t21-/m0/s1. The number of hydrogen-bond donors (Lipinski definition) is 4. The Morgan fingerprint density at radius 2 is 1.83 bits per heavy atom. The number of nitrogens with one attached hydrogen (secondary N) is 4. The van der Waals surface area contributed by atoms with E-state index in [0.29, 0.717) is 23.4 Å². The zero-order valence-electron chi connectivity index (χ0n) is 21.7. The van der Waals surface area contributed by atoms with Crippen LogP contribution >= 0.6 is 0 Å². The van der Waals surface area contributed by atoms with Crippen molar-refractivity contribution in [3.8, 4) is 0 Å². The van der Waals surface area contributed by atoms with E-state index >= 15 is 0 Å². The molecule has 190 valence electrons. The van der Waals surface area contributed by atoms with E-state index in [0.717, 1.165) is 43.0 Å². The molecular weight excluding hydrogens is 452 g/mol. The Kier molecular flexibility index (Phi) is 7.69. The summed E-state index contributed by atoms with van der Waals surface area (Å²) in [6.45, 7) is 11.2. The van der Waals surface area contributed by atoms with Crippen LogP contribution in [0.15, 0.2) is 48.5 Å². The van der Waals surface area contributed by atoms with E-state index in [1.54, 1.807) is 0 Å². The van der Waals surface area contributed by atoms with Gasteiger partial charge < -0.3 is 26.2 Å². The van der Waals surface area contributed by atoms with Crippen molar-refractivity contribution in [2.75, 3.05) is 47.5 Å². The van der Waals surface area contributed by atoms with Crippen LogP contribution in [0.3, 0.4) is 0 Å². The molecule has 1 saturated heterocycles. The van der Waals surface area contributed by atoms with Crippen molar-refractivity contribution >= 4 is 35.1 Å². The fraction of sp³-hybridized carbons (Fsp3) is 0.407. The fourth-order valence-electron chi connectivity index (χ4n) is 4.14. The van der Waals surface area contributed by atoms with Crippen LogP contribution in [0.25, 0.3) is 0 Å². The van der Waals surface area contributed by atoms with Crippen molar-refractivity contribution in [2.24, 2.45) is 5.41 Å². The normalized spacial score (nSPS) is 15.4. The topological polar surface area (TPSA) is 107 Å². The minimum atomic E-state index is -0.179. The zero-order valence-corrected chi connectivity index (χ0v) is 21.7. The molecule has 4 N–H and O–H groups in total. The molecule has 3 aromatic rings. The van der Waals surface area contributed by atoms with Crippen LogP contribution in [0.5, 0.6) is 0 Å². The summed E-state index contributed by atoms with van der Waals surface area (Å²) >= 11 is 0. The van der Waals surface area contributed by atoms with Crippen LogP contribution in [0.2, 0.25) is 0 Å². The Balaban J connectivity index is 1.59. The fourth-order valence-corrected chi connectivity index (χ4v) is 4.14. The highest BCUT2D eigenvalue weighted by atomic mass is 16.1. The molecule has 9 heteroatoms. The monoisotopic (exact) mass is 488 g/mol. The number of carbonyl (C=O) groups is 1. The van der Waals surface area contributed by atoms with E-state index in [4.69, 9.17) is 9.97 Å². The molecule has 1 aromatic heterocycles. The highest BCUT2D eigenvalue weighted by Gasteiger charge is 2.20. The van der Waals surface area contributed by atoms with E-state index in [9.17, 15) is 4.79 Å². The van der Waals surface area contributed by atoms with Crippen molar-refractivity contribution in [1.82, 2.24) is 20.3 Å². The minimum absolute atomic E-state index is 0.0783. The molecule has 1 fully saturated rings. The predicted molar refractivity (Wildman–Crippen MR) is 146 cm³/mol. The number of amides is 1. The van der Waals surface area contributed by atoms with Gasteiger partial charge in [-0.3, -0.25) is 4.79 Å². The lowest BCUT2D eigenvalue weighted by Crippen LogP contribution is -2.31. The Labute approximate surface area is 213 Å². The molecule has 0 spiro atoms. The maximum absolute atomic E-state index is 12.9.